The Kier molecular flexibility index (Phi) is 6.44. The molecular weight excluding hydrogens is 352 g/mol. The summed E-state index contributed by atoms with van der Waals surface area (Å²) in [6, 6.07) is 6.26. The Morgan fingerprint density at radius 2 is 1.73 bits per heavy atom. The molecule has 0 unspecified atom stereocenters. The van der Waals surface area contributed by atoms with Crippen molar-refractivity contribution in [2.45, 2.75) is 38.6 Å². The van der Waals surface area contributed by atoms with E-state index in [4.69, 9.17) is 0 Å². The predicted octanol–water partition coefficient (Wildman–Crippen LogP) is 2.31. The second-order valence-corrected chi connectivity index (χ2v) is 7.83. The van der Waals surface area contributed by atoms with Gasteiger partial charge in [-0.3, -0.25) is 9.78 Å². The lowest BCUT2D eigenvalue weighted by Gasteiger charge is -2.19. The van der Waals surface area contributed by atoms with E-state index in [1.165, 1.54) is 16.7 Å². The van der Waals surface area contributed by atoms with Crippen molar-refractivity contribution in [2.75, 3.05) is 13.1 Å². The molecule has 0 fully saturated rings. The van der Waals surface area contributed by atoms with Crippen molar-refractivity contribution >= 4 is 15.9 Å². The zero-order chi connectivity index (χ0) is 19.3. The van der Waals surface area contributed by atoms with E-state index >= 15 is 0 Å². The largest absolute Gasteiger partial charge is 0.344 e. The highest BCUT2D eigenvalue weighted by molar-refractivity contribution is 7.89. The smallest absolute Gasteiger partial charge is 0.271 e. The lowest BCUT2D eigenvalue weighted by molar-refractivity contribution is 0.0934. The van der Waals surface area contributed by atoms with Crippen molar-refractivity contribution in [1.82, 2.24) is 19.6 Å². The summed E-state index contributed by atoms with van der Waals surface area (Å²) >= 11 is 0. The summed E-state index contributed by atoms with van der Waals surface area (Å²) < 4.78 is 26.4. The minimum atomic E-state index is -3.49. The Hall–Kier alpha value is -2.32. The van der Waals surface area contributed by atoms with E-state index in [0.717, 1.165) is 11.3 Å². The minimum absolute atomic E-state index is 0.239. The summed E-state index contributed by atoms with van der Waals surface area (Å²) in [6.45, 7) is 8.08. The molecule has 0 spiro atoms. The number of aromatic nitrogens is 2. The number of hydrogen-bond acceptors (Lipinski definition) is 5. The number of nitrogens with zero attached hydrogens (tertiary/aromatic N) is 3. The SMILES string of the molecule is CCN(CC)S(=O)(=O)c1ccc([C@H](C)NC(=O)c2cnc(C)cn2)cc1. The van der Waals surface area contributed by atoms with E-state index in [1.807, 2.05) is 6.92 Å². The van der Waals surface area contributed by atoms with Gasteiger partial charge in [-0.05, 0) is 31.5 Å². The van der Waals surface area contributed by atoms with E-state index in [1.54, 1.807) is 45.0 Å². The topological polar surface area (TPSA) is 92.3 Å². The molecule has 0 aliphatic rings. The van der Waals surface area contributed by atoms with Crippen molar-refractivity contribution < 1.29 is 13.2 Å². The third-order valence-corrected chi connectivity index (χ3v) is 6.15. The highest BCUT2D eigenvalue weighted by atomic mass is 32.2. The van der Waals surface area contributed by atoms with Crippen molar-refractivity contribution in [2.24, 2.45) is 0 Å². The van der Waals surface area contributed by atoms with Crippen LogP contribution in [-0.2, 0) is 10.0 Å². The highest BCUT2D eigenvalue weighted by Crippen LogP contribution is 2.19. The molecule has 1 heterocycles. The van der Waals surface area contributed by atoms with Gasteiger partial charge in [-0.1, -0.05) is 26.0 Å². The van der Waals surface area contributed by atoms with Gasteiger partial charge in [0.1, 0.15) is 5.69 Å². The fourth-order valence-corrected chi connectivity index (χ4v) is 3.96. The maximum absolute atomic E-state index is 12.5. The molecule has 140 valence electrons. The molecular formula is C18H24N4O3S. The van der Waals surface area contributed by atoms with Crippen LogP contribution < -0.4 is 5.32 Å². The van der Waals surface area contributed by atoms with Crippen molar-refractivity contribution in [3.63, 3.8) is 0 Å². The highest BCUT2D eigenvalue weighted by Gasteiger charge is 2.21. The van der Waals surface area contributed by atoms with Gasteiger partial charge in [0.15, 0.2) is 0 Å². The van der Waals surface area contributed by atoms with Crippen LogP contribution in [0.4, 0.5) is 0 Å². The maximum atomic E-state index is 12.5. The molecule has 0 saturated heterocycles. The van der Waals surface area contributed by atoms with Gasteiger partial charge in [0.25, 0.3) is 5.91 Å². The molecule has 0 bridgehead atoms. The number of carbonyl (C=O) groups excluding carboxylic acids is 1. The number of carbonyl (C=O) groups is 1. The Balaban J connectivity index is 2.12. The lowest BCUT2D eigenvalue weighted by Crippen LogP contribution is -2.30. The summed E-state index contributed by atoms with van der Waals surface area (Å²) in [5, 5.41) is 2.83. The van der Waals surface area contributed by atoms with Crippen LogP contribution in [0.2, 0.25) is 0 Å². The molecule has 26 heavy (non-hydrogen) atoms. The van der Waals surface area contributed by atoms with Gasteiger partial charge < -0.3 is 5.32 Å². The van der Waals surface area contributed by atoms with Crippen LogP contribution in [-0.4, -0.2) is 41.7 Å². The molecule has 1 N–H and O–H groups in total. The Morgan fingerprint density at radius 3 is 2.23 bits per heavy atom. The summed E-state index contributed by atoms with van der Waals surface area (Å²) in [6.07, 6.45) is 2.96. The minimum Gasteiger partial charge on any atom is -0.344 e. The third kappa shape index (κ3) is 4.44. The molecule has 2 rings (SSSR count). The first-order valence-electron chi connectivity index (χ1n) is 8.49. The fraction of sp³-hybridized carbons (Fsp3) is 0.389. The maximum Gasteiger partial charge on any atom is 0.271 e. The van der Waals surface area contributed by atoms with Crippen LogP contribution in [0.15, 0.2) is 41.6 Å². The van der Waals surface area contributed by atoms with Gasteiger partial charge in [0.05, 0.1) is 22.8 Å². The Labute approximate surface area is 154 Å². The van der Waals surface area contributed by atoms with E-state index < -0.39 is 10.0 Å². The second-order valence-electron chi connectivity index (χ2n) is 5.90. The number of amides is 1. The molecule has 1 aromatic carbocycles. The molecule has 0 radical (unpaired) electrons. The van der Waals surface area contributed by atoms with Crippen LogP contribution in [0, 0.1) is 6.92 Å². The number of sulfonamides is 1. The first kappa shape index (κ1) is 20.0. The summed E-state index contributed by atoms with van der Waals surface area (Å²) in [7, 11) is -3.49. The predicted molar refractivity (Wildman–Crippen MR) is 99.2 cm³/mol. The monoisotopic (exact) mass is 376 g/mol. The lowest BCUT2D eigenvalue weighted by atomic mass is 10.1. The van der Waals surface area contributed by atoms with Gasteiger partial charge in [-0.15, -0.1) is 0 Å². The van der Waals surface area contributed by atoms with E-state index in [-0.39, 0.29) is 22.5 Å². The quantitative estimate of drug-likeness (QED) is 0.800. The van der Waals surface area contributed by atoms with Gasteiger partial charge >= 0.3 is 0 Å². The van der Waals surface area contributed by atoms with Crippen LogP contribution in [0.5, 0.6) is 0 Å². The number of rotatable bonds is 7. The number of nitrogens with one attached hydrogen (secondary N) is 1. The van der Waals surface area contributed by atoms with Crippen LogP contribution in [0.3, 0.4) is 0 Å². The van der Waals surface area contributed by atoms with Crippen LogP contribution in [0.1, 0.15) is 48.6 Å². The molecule has 0 aliphatic carbocycles. The first-order chi connectivity index (χ1) is 12.3. The average molecular weight is 376 g/mol. The van der Waals surface area contributed by atoms with Crippen molar-refractivity contribution in [3.05, 3.63) is 53.6 Å². The normalized spacial score (nSPS) is 12.8. The van der Waals surface area contributed by atoms with E-state index in [2.05, 4.69) is 15.3 Å². The number of hydrogen-bond donors (Lipinski definition) is 1. The number of benzene rings is 1. The summed E-state index contributed by atoms with van der Waals surface area (Å²) in [5.74, 6) is -0.329. The first-order valence-corrected chi connectivity index (χ1v) is 9.93. The van der Waals surface area contributed by atoms with Gasteiger partial charge in [-0.2, -0.15) is 4.31 Å². The molecule has 7 nitrogen and oxygen atoms in total. The molecule has 0 aliphatic heterocycles. The fourth-order valence-electron chi connectivity index (χ4n) is 2.50. The molecule has 1 aromatic heterocycles. The second kappa shape index (κ2) is 8.37. The molecule has 1 amide bonds. The van der Waals surface area contributed by atoms with Crippen LogP contribution in [0.25, 0.3) is 0 Å². The Bertz CT molecular complexity index is 845. The van der Waals surface area contributed by atoms with Gasteiger partial charge in [-0.25, -0.2) is 13.4 Å². The van der Waals surface area contributed by atoms with Crippen LogP contribution >= 0.6 is 0 Å². The molecule has 1 atom stereocenters. The van der Waals surface area contributed by atoms with Crippen molar-refractivity contribution in [3.8, 4) is 0 Å². The van der Waals surface area contributed by atoms with Gasteiger partial charge in [0.2, 0.25) is 10.0 Å². The van der Waals surface area contributed by atoms with Crippen molar-refractivity contribution in [1.29, 1.82) is 0 Å². The van der Waals surface area contributed by atoms with Gasteiger partial charge in [0, 0.05) is 19.3 Å². The molecule has 2 aromatic rings. The average Bonchev–Trinajstić information content (AvgIpc) is 2.63. The number of aryl methyl sites for hydroxylation is 1. The molecule has 8 heteroatoms. The zero-order valence-corrected chi connectivity index (χ0v) is 16.2. The zero-order valence-electron chi connectivity index (χ0n) is 15.4. The van der Waals surface area contributed by atoms with E-state index in [9.17, 15) is 13.2 Å². The standard InChI is InChI=1S/C18H24N4O3S/c1-5-22(6-2)26(24,25)16-9-7-15(8-10-16)14(4)21-18(23)17-12-19-13(3)11-20-17/h7-12,14H,5-6H2,1-4H3,(H,21,23)/t14-/m0/s1. The summed E-state index contributed by atoms with van der Waals surface area (Å²) in [4.78, 5) is 20.6. The Morgan fingerprint density at radius 1 is 1.12 bits per heavy atom. The summed E-state index contributed by atoms with van der Waals surface area (Å²) in [5.41, 5.74) is 1.78. The third-order valence-electron chi connectivity index (χ3n) is 4.08. The molecule has 0 saturated carbocycles. The van der Waals surface area contributed by atoms with E-state index in [0.29, 0.717) is 13.1 Å².